The molecule has 1 fully saturated rings. The van der Waals surface area contributed by atoms with Gasteiger partial charge in [0, 0.05) is 13.3 Å². The average molecular weight is 335 g/mol. The molecule has 3 atom stereocenters. The molecule has 24 heavy (non-hydrogen) atoms. The molecule has 2 aromatic rings. The minimum Gasteiger partial charge on any atom is -0.462 e. The van der Waals surface area contributed by atoms with Crippen molar-refractivity contribution >= 4 is 23.0 Å². The van der Waals surface area contributed by atoms with E-state index in [-0.39, 0.29) is 30.0 Å². The van der Waals surface area contributed by atoms with Crippen LogP contribution in [0.25, 0.3) is 11.2 Å². The van der Waals surface area contributed by atoms with Crippen LogP contribution in [-0.4, -0.2) is 48.9 Å². The maximum absolute atomic E-state index is 13.4. The molecule has 0 bridgehead atoms. The van der Waals surface area contributed by atoms with Gasteiger partial charge in [-0.05, 0) is 0 Å². The Kier molecular flexibility index (Phi) is 3.82. The Bertz CT molecular complexity index is 848. The van der Waals surface area contributed by atoms with E-state index in [4.69, 9.17) is 21.6 Å². The number of nitrogens with zero attached hydrogens (tertiary/aromatic N) is 4. The van der Waals surface area contributed by atoms with E-state index in [0.717, 1.165) is 0 Å². The Hall–Kier alpha value is -2.77. The van der Waals surface area contributed by atoms with E-state index in [1.807, 2.05) is 0 Å². The Morgan fingerprint density at radius 2 is 2.46 bits per heavy atom. The molecule has 0 radical (unpaired) electrons. The van der Waals surface area contributed by atoms with Crippen molar-refractivity contribution in [2.75, 3.05) is 12.3 Å². The van der Waals surface area contributed by atoms with E-state index >= 15 is 0 Å². The second-order valence-electron chi connectivity index (χ2n) is 5.34. The molecule has 0 saturated carbocycles. The number of hydrogen-bond donors (Lipinski definition) is 2. The van der Waals surface area contributed by atoms with Crippen molar-refractivity contribution in [3.8, 4) is 12.3 Å². The lowest BCUT2D eigenvalue weighted by molar-refractivity contribution is -0.153. The van der Waals surface area contributed by atoms with E-state index in [1.54, 1.807) is 0 Å². The van der Waals surface area contributed by atoms with E-state index in [1.165, 1.54) is 17.8 Å². The predicted molar refractivity (Wildman–Crippen MR) is 78.6 cm³/mol. The molecule has 10 heteroatoms. The molecule has 0 amide bonds. The Labute approximate surface area is 135 Å². The summed E-state index contributed by atoms with van der Waals surface area (Å²) in [7, 11) is 0. The van der Waals surface area contributed by atoms with Crippen LogP contribution in [0.4, 0.5) is 10.2 Å². The van der Waals surface area contributed by atoms with Crippen LogP contribution in [0.3, 0.4) is 0 Å². The summed E-state index contributed by atoms with van der Waals surface area (Å²) >= 11 is 0. The van der Waals surface area contributed by atoms with Gasteiger partial charge in [0.2, 0.25) is 0 Å². The first-order valence-corrected chi connectivity index (χ1v) is 6.99. The number of aromatic nitrogens is 4. The molecule has 3 rings (SSSR count). The van der Waals surface area contributed by atoms with Crippen molar-refractivity contribution in [3.05, 3.63) is 12.4 Å². The lowest BCUT2D eigenvalue weighted by Gasteiger charge is -2.25. The molecule has 0 spiro atoms. The minimum atomic E-state index is -1.51. The topological polar surface area (TPSA) is 125 Å². The average Bonchev–Trinajstić information content (AvgIpc) is 3.07. The predicted octanol–water partition coefficient (Wildman–Crippen LogP) is -0.238. The lowest BCUT2D eigenvalue weighted by atomic mass is 9.99. The van der Waals surface area contributed by atoms with E-state index < -0.39 is 30.0 Å². The van der Waals surface area contributed by atoms with Gasteiger partial charge < -0.3 is 20.3 Å². The van der Waals surface area contributed by atoms with Gasteiger partial charge in [0.25, 0.3) is 0 Å². The van der Waals surface area contributed by atoms with Crippen LogP contribution in [0.15, 0.2) is 6.33 Å². The number of rotatable bonds is 3. The molecule has 0 aliphatic carbocycles. The number of esters is 1. The maximum Gasteiger partial charge on any atom is 0.312 e. The highest BCUT2D eigenvalue weighted by Gasteiger charge is 2.49. The van der Waals surface area contributed by atoms with Crippen LogP contribution in [0.5, 0.6) is 0 Å². The van der Waals surface area contributed by atoms with Crippen molar-refractivity contribution in [1.82, 2.24) is 19.5 Å². The monoisotopic (exact) mass is 335 g/mol. The maximum atomic E-state index is 13.4. The second-order valence-corrected chi connectivity index (χ2v) is 5.34. The molecule has 3 N–H and O–H groups in total. The molecule has 1 aliphatic heterocycles. The number of nitrogen functional groups attached to an aromatic ring is 1. The van der Waals surface area contributed by atoms with E-state index in [0.29, 0.717) is 0 Å². The summed E-state index contributed by atoms with van der Waals surface area (Å²) in [4.78, 5) is 22.1. The van der Waals surface area contributed by atoms with Crippen LogP contribution in [0.1, 0.15) is 19.6 Å². The molecule has 1 saturated heterocycles. The van der Waals surface area contributed by atoms with Gasteiger partial charge in [-0.25, -0.2) is 4.98 Å². The number of carbonyl (C=O) groups excluding carboxylic acids is 1. The number of aliphatic hydroxyl groups is 1. The van der Waals surface area contributed by atoms with Crippen molar-refractivity contribution in [2.24, 2.45) is 0 Å². The standard InChI is InChI=1S/C14H14FN5O4/c1-3-14(5-23-7(2)21)8(22)4-9(24-14)20-6-17-10-11(16)18-13(15)19-12(10)20/h1,6,8-9,22H,4-5H2,2H3,(H2,16,18,19)/t8-,9+,14+/m0/s1. The molecule has 9 nitrogen and oxygen atoms in total. The Morgan fingerprint density at radius 3 is 3.12 bits per heavy atom. The van der Waals surface area contributed by atoms with Crippen molar-refractivity contribution in [2.45, 2.75) is 31.3 Å². The number of hydrogen-bond acceptors (Lipinski definition) is 8. The summed E-state index contributed by atoms with van der Waals surface area (Å²) in [5.74, 6) is 1.66. The minimum absolute atomic E-state index is 0.0719. The van der Waals surface area contributed by atoms with Gasteiger partial charge in [0.1, 0.15) is 18.9 Å². The first kappa shape index (κ1) is 16.1. The SMILES string of the molecule is C#C[C@]1(COC(C)=O)O[C@@H](n2cnc3c(N)nc(F)nc32)C[C@@H]1O. The van der Waals surface area contributed by atoms with Crippen LogP contribution >= 0.6 is 0 Å². The van der Waals surface area contributed by atoms with Gasteiger partial charge in [-0.15, -0.1) is 6.42 Å². The van der Waals surface area contributed by atoms with Crippen LogP contribution in [0.2, 0.25) is 0 Å². The highest BCUT2D eigenvalue weighted by molar-refractivity contribution is 5.81. The summed E-state index contributed by atoms with van der Waals surface area (Å²) in [6, 6.07) is 0. The third-order valence-corrected chi connectivity index (χ3v) is 3.78. The highest BCUT2D eigenvalue weighted by Crippen LogP contribution is 2.38. The second kappa shape index (κ2) is 5.70. The quantitative estimate of drug-likeness (QED) is 0.447. The number of nitrogens with two attached hydrogens (primary N) is 1. The fourth-order valence-electron chi connectivity index (χ4n) is 2.55. The van der Waals surface area contributed by atoms with Gasteiger partial charge in [-0.1, -0.05) is 5.92 Å². The third-order valence-electron chi connectivity index (χ3n) is 3.78. The zero-order chi connectivity index (χ0) is 17.5. The molecule has 3 heterocycles. The third kappa shape index (κ3) is 2.53. The number of imidazole rings is 1. The Balaban J connectivity index is 1.95. The normalized spacial score (nSPS) is 26.4. The number of ether oxygens (including phenoxy) is 2. The smallest absolute Gasteiger partial charge is 0.312 e. The summed E-state index contributed by atoms with van der Waals surface area (Å²) < 4.78 is 25.4. The highest BCUT2D eigenvalue weighted by atomic mass is 19.1. The van der Waals surface area contributed by atoms with Gasteiger partial charge >= 0.3 is 12.0 Å². The molecule has 0 unspecified atom stereocenters. The van der Waals surface area contributed by atoms with Gasteiger partial charge in [0.05, 0.1) is 6.33 Å². The van der Waals surface area contributed by atoms with Gasteiger partial charge in [-0.3, -0.25) is 9.36 Å². The van der Waals surface area contributed by atoms with Crippen LogP contribution in [-0.2, 0) is 14.3 Å². The zero-order valence-electron chi connectivity index (χ0n) is 12.6. The molecular weight excluding hydrogens is 321 g/mol. The van der Waals surface area contributed by atoms with Crippen LogP contribution in [0, 0.1) is 18.4 Å². The Morgan fingerprint density at radius 1 is 1.71 bits per heavy atom. The fourth-order valence-corrected chi connectivity index (χ4v) is 2.55. The number of anilines is 1. The molecule has 126 valence electrons. The number of aliphatic hydroxyl groups excluding tert-OH is 1. The first-order chi connectivity index (χ1) is 11.4. The zero-order valence-corrected chi connectivity index (χ0v) is 12.6. The first-order valence-electron chi connectivity index (χ1n) is 6.99. The molecular formula is C14H14FN5O4. The fraction of sp³-hybridized carbons (Fsp3) is 0.429. The van der Waals surface area contributed by atoms with Crippen LogP contribution < -0.4 is 5.73 Å². The van der Waals surface area contributed by atoms with Crippen molar-refractivity contribution < 1.29 is 23.8 Å². The van der Waals surface area contributed by atoms with Gasteiger partial charge in [-0.2, -0.15) is 14.4 Å². The largest absolute Gasteiger partial charge is 0.462 e. The van der Waals surface area contributed by atoms with E-state index in [9.17, 15) is 14.3 Å². The number of fused-ring (bicyclic) bond motifs is 1. The van der Waals surface area contributed by atoms with Gasteiger partial charge in [0.15, 0.2) is 22.6 Å². The molecule has 1 aliphatic rings. The number of carbonyl (C=O) groups is 1. The summed E-state index contributed by atoms with van der Waals surface area (Å²) in [6.07, 6.45) is 3.97. The van der Waals surface area contributed by atoms with E-state index in [2.05, 4.69) is 20.9 Å². The summed E-state index contributed by atoms with van der Waals surface area (Å²) in [5.41, 5.74) is 4.41. The molecule has 0 aromatic carbocycles. The van der Waals surface area contributed by atoms with Crippen molar-refractivity contribution in [3.63, 3.8) is 0 Å². The number of halogens is 1. The number of terminal acetylenes is 1. The summed E-state index contributed by atoms with van der Waals surface area (Å²) in [6.45, 7) is 0.906. The molecule has 2 aromatic heterocycles. The van der Waals surface area contributed by atoms with Crippen molar-refractivity contribution in [1.29, 1.82) is 0 Å². The lowest BCUT2D eigenvalue weighted by Crippen LogP contribution is -2.43. The summed E-state index contributed by atoms with van der Waals surface area (Å²) in [5, 5.41) is 10.3.